The fourth-order valence-corrected chi connectivity index (χ4v) is 5.36. The van der Waals surface area contributed by atoms with Crippen LogP contribution in [-0.2, 0) is 0 Å². The fourth-order valence-electron chi connectivity index (χ4n) is 3.44. The number of thiocarbonyl (C=S) groups is 1. The number of rotatable bonds is 3. The number of hydrogen-bond acceptors (Lipinski definition) is 5. The normalized spacial score (nSPS) is 20.8. The van der Waals surface area contributed by atoms with Crippen LogP contribution in [0, 0.1) is 0 Å². The van der Waals surface area contributed by atoms with Gasteiger partial charge in [-0.15, -0.1) is 11.3 Å². The van der Waals surface area contributed by atoms with Crippen molar-refractivity contribution in [1.29, 1.82) is 0 Å². The molecule has 0 amide bonds. The Labute approximate surface area is 174 Å². The molecule has 2 aromatic heterocycles. The zero-order valence-electron chi connectivity index (χ0n) is 14.0. The van der Waals surface area contributed by atoms with Crippen molar-refractivity contribution in [2.24, 2.45) is 0 Å². The van der Waals surface area contributed by atoms with Gasteiger partial charge in [0, 0.05) is 32.7 Å². The van der Waals surface area contributed by atoms with Crippen LogP contribution in [0.2, 0.25) is 0 Å². The number of nitrogens with one attached hydrogen (secondary N) is 1. The van der Waals surface area contributed by atoms with Gasteiger partial charge in [-0.25, -0.2) is 0 Å². The number of pyridine rings is 1. The minimum Gasteiger partial charge on any atom is -0.454 e. The van der Waals surface area contributed by atoms with Crippen molar-refractivity contribution in [3.8, 4) is 11.5 Å². The lowest BCUT2D eigenvalue weighted by atomic mass is 10.0. The first kappa shape index (κ1) is 17.0. The van der Waals surface area contributed by atoms with E-state index >= 15 is 0 Å². The molecule has 5 nitrogen and oxygen atoms in total. The van der Waals surface area contributed by atoms with Crippen LogP contribution in [0.15, 0.2) is 58.5 Å². The molecule has 0 saturated carbocycles. The predicted molar refractivity (Wildman–Crippen MR) is 113 cm³/mol. The summed E-state index contributed by atoms with van der Waals surface area (Å²) in [6, 6.07) is 13.9. The van der Waals surface area contributed by atoms with Crippen molar-refractivity contribution in [1.82, 2.24) is 10.3 Å². The van der Waals surface area contributed by atoms with Gasteiger partial charge < -0.3 is 19.7 Å². The van der Waals surface area contributed by atoms with Crippen molar-refractivity contribution >= 4 is 50.3 Å². The van der Waals surface area contributed by atoms with Crippen LogP contribution in [0.25, 0.3) is 0 Å². The quantitative estimate of drug-likeness (QED) is 0.566. The van der Waals surface area contributed by atoms with E-state index < -0.39 is 0 Å². The number of nitrogens with zero attached hydrogens (tertiary/aromatic N) is 2. The third-order valence-corrected chi connectivity index (χ3v) is 6.69. The largest absolute Gasteiger partial charge is 0.454 e. The van der Waals surface area contributed by atoms with Gasteiger partial charge in [-0.3, -0.25) is 4.98 Å². The van der Waals surface area contributed by atoms with E-state index in [-0.39, 0.29) is 18.9 Å². The second-order valence-corrected chi connectivity index (χ2v) is 8.45. The SMILES string of the molecule is S=C1N[C@@H](c2ccccn2)[C@@H](c2cc(Br)cs2)N1c1ccc2c(c1)OCO2. The molecule has 0 aliphatic carbocycles. The Balaban J connectivity index is 1.61. The molecule has 0 bridgehead atoms. The monoisotopic (exact) mass is 459 g/mol. The van der Waals surface area contributed by atoms with E-state index in [9.17, 15) is 0 Å². The molecule has 3 aromatic rings. The Bertz CT molecular complexity index is 1010. The van der Waals surface area contributed by atoms with Crippen LogP contribution < -0.4 is 19.7 Å². The number of hydrogen-bond donors (Lipinski definition) is 1. The first-order chi connectivity index (χ1) is 13.2. The molecule has 136 valence electrons. The molecule has 2 aliphatic rings. The molecule has 4 heterocycles. The Kier molecular flexibility index (Phi) is 4.26. The molecular weight excluding hydrogens is 446 g/mol. The van der Waals surface area contributed by atoms with Crippen LogP contribution in [0.1, 0.15) is 22.7 Å². The summed E-state index contributed by atoms with van der Waals surface area (Å²) >= 11 is 11.0. The average molecular weight is 460 g/mol. The summed E-state index contributed by atoms with van der Waals surface area (Å²) in [5.41, 5.74) is 1.92. The second kappa shape index (κ2) is 6.78. The molecule has 0 radical (unpaired) electrons. The maximum atomic E-state index is 5.72. The molecule has 27 heavy (non-hydrogen) atoms. The molecule has 1 aromatic carbocycles. The van der Waals surface area contributed by atoms with Gasteiger partial charge in [0.15, 0.2) is 16.6 Å². The fraction of sp³-hybridized carbons (Fsp3) is 0.158. The molecule has 8 heteroatoms. The highest BCUT2D eigenvalue weighted by Gasteiger charge is 2.41. The van der Waals surface area contributed by atoms with E-state index in [4.69, 9.17) is 21.7 Å². The van der Waals surface area contributed by atoms with Gasteiger partial charge in [0.25, 0.3) is 0 Å². The van der Waals surface area contributed by atoms with Crippen molar-refractivity contribution in [3.05, 3.63) is 69.1 Å². The summed E-state index contributed by atoms with van der Waals surface area (Å²) in [6.07, 6.45) is 1.81. The highest BCUT2D eigenvalue weighted by molar-refractivity contribution is 9.10. The van der Waals surface area contributed by atoms with Crippen LogP contribution in [-0.4, -0.2) is 16.9 Å². The molecule has 5 rings (SSSR count). The molecule has 1 N–H and O–H groups in total. The highest BCUT2D eigenvalue weighted by atomic mass is 79.9. The molecular formula is C19H14BrN3O2S2. The molecule has 0 unspecified atom stereocenters. The lowest BCUT2D eigenvalue weighted by Gasteiger charge is -2.27. The van der Waals surface area contributed by atoms with Crippen LogP contribution >= 0.6 is 39.5 Å². The van der Waals surface area contributed by atoms with E-state index in [1.165, 1.54) is 4.88 Å². The molecule has 2 atom stereocenters. The summed E-state index contributed by atoms with van der Waals surface area (Å²) in [5, 5.41) is 6.21. The van der Waals surface area contributed by atoms with Gasteiger partial charge in [0.1, 0.15) is 0 Å². The van der Waals surface area contributed by atoms with Crippen molar-refractivity contribution < 1.29 is 9.47 Å². The molecule has 0 spiro atoms. The number of fused-ring (bicyclic) bond motifs is 1. The van der Waals surface area contributed by atoms with E-state index in [2.05, 4.69) is 42.6 Å². The van der Waals surface area contributed by atoms with Crippen LogP contribution in [0.3, 0.4) is 0 Å². The molecule has 1 fully saturated rings. The van der Waals surface area contributed by atoms with Gasteiger partial charge in [-0.2, -0.15) is 0 Å². The summed E-state index contributed by atoms with van der Waals surface area (Å²) in [5.74, 6) is 1.50. The highest BCUT2D eigenvalue weighted by Crippen LogP contribution is 2.46. The maximum Gasteiger partial charge on any atom is 0.231 e. The minimum absolute atomic E-state index is 0.0101. The van der Waals surface area contributed by atoms with Crippen molar-refractivity contribution in [2.75, 3.05) is 11.7 Å². The first-order valence-electron chi connectivity index (χ1n) is 8.35. The zero-order valence-corrected chi connectivity index (χ0v) is 17.2. The van der Waals surface area contributed by atoms with Gasteiger partial charge in [0.05, 0.1) is 17.8 Å². The number of ether oxygens (including phenoxy) is 2. The third kappa shape index (κ3) is 2.97. The van der Waals surface area contributed by atoms with Crippen LogP contribution in [0.5, 0.6) is 11.5 Å². The number of aromatic nitrogens is 1. The Morgan fingerprint density at radius 1 is 1.19 bits per heavy atom. The summed E-state index contributed by atoms with van der Waals surface area (Å²) in [6.45, 7) is 0.249. The minimum atomic E-state index is -0.0466. The molecule has 1 saturated heterocycles. The number of halogens is 1. The third-order valence-electron chi connectivity index (χ3n) is 4.61. The van der Waals surface area contributed by atoms with Crippen molar-refractivity contribution in [3.63, 3.8) is 0 Å². The number of thiophene rings is 1. The lowest BCUT2D eigenvalue weighted by molar-refractivity contribution is 0.174. The Hall–Kier alpha value is -2.16. The van der Waals surface area contributed by atoms with Gasteiger partial charge in [0.2, 0.25) is 6.79 Å². The Morgan fingerprint density at radius 3 is 2.85 bits per heavy atom. The standard InChI is InChI=1S/C19H14BrN3O2S2/c20-11-7-16(27-9-11)18-17(13-3-1-2-6-21-13)22-19(26)23(18)12-4-5-14-15(8-12)25-10-24-14/h1-9,17-18H,10H2,(H,22,26)/t17-,18+/m0/s1. The zero-order chi connectivity index (χ0) is 18.4. The van der Waals surface area contributed by atoms with Gasteiger partial charge in [-0.1, -0.05) is 6.07 Å². The second-order valence-electron chi connectivity index (χ2n) is 6.20. The number of anilines is 1. The summed E-state index contributed by atoms with van der Waals surface area (Å²) < 4.78 is 12.1. The van der Waals surface area contributed by atoms with E-state index in [0.717, 1.165) is 27.4 Å². The summed E-state index contributed by atoms with van der Waals surface area (Å²) in [4.78, 5) is 7.89. The predicted octanol–water partition coefficient (Wildman–Crippen LogP) is 4.81. The lowest BCUT2D eigenvalue weighted by Crippen LogP contribution is -2.29. The average Bonchev–Trinajstić information content (AvgIpc) is 3.39. The molecule has 2 aliphatic heterocycles. The van der Waals surface area contributed by atoms with E-state index in [1.54, 1.807) is 11.3 Å². The van der Waals surface area contributed by atoms with E-state index in [1.807, 2.05) is 42.6 Å². The van der Waals surface area contributed by atoms with Gasteiger partial charge >= 0.3 is 0 Å². The number of benzene rings is 1. The maximum absolute atomic E-state index is 5.72. The van der Waals surface area contributed by atoms with Crippen molar-refractivity contribution in [2.45, 2.75) is 12.1 Å². The van der Waals surface area contributed by atoms with E-state index in [0.29, 0.717) is 5.11 Å². The van der Waals surface area contributed by atoms with Crippen LogP contribution in [0.4, 0.5) is 5.69 Å². The smallest absolute Gasteiger partial charge is 0.231 e. The Morgan fingerprint density at radius 2 is 2.07 bits per heavy atom. The topological polar surface area (TPSA) is 46.6 Å². The first-order valence-corrected chi connectivity index (χ1v) is 10.4. The van der Waals surface area contributed by atoms with Gasteiger partial charge in [-0.05, 0) is 58.5 Å². The summed E-state index contributed by atoms with van der Waals surface area (Å²) in [7, 11) is 0.